The Labute approximate surface area is 85.8 Å². The zero-order chi connectivity index (χ0) is 10.6. The highest BCUT2D eigenvalue weighted by atomic mass is 32.2. The fraction of sp³-hybridized carbons (Fsp3) is 0.400. The van der Waals surface area contributed by atoms with Gasteiger partial charge in [-0.05, 0) is 30.7 Å². The van der Waals surface area contributed by atoms with Gasteiger partial charge in [-0.3, -0.25) is 4.21 Å². The summed E-state index contributed by atoms with van der Waals surface area (Å²) in [5, 5.41) is 0. The quantitative estimate of drug-likeness (QED) is 0.830. The summed E-state index contributed by atoms with van der Waals surface area (Å²) in [6.07, 6.45) is 0.799. The summed E-state index contributed by atoms with van der Waals surface area (Å²) < 4.78 is 24.2. The predicted octanol–water partition coefficient (Wildman–Crippen LogP) is 1.67. The lowest BCUT2D eigenvalue weighted by atomic mass is 10.3. The molecule has 0 aliphatic carbocycles. The van der Waals surface area contributed by atoms with Crippen molar-refractivity contribution < 1.29 is 8.60 Å². The fourth-order valence-electron chi connectivity index (χ4n) is 0.995. The highest BCUT2D eigenvalue weighted by Crippen LogP contribution is 2.09. The van der Waals surface area contributed by atoms with E-state index in [1.54, 1.807) is 0 Å². The maximum absolute atomic E-state index is 12.6. The van der Waals surface area contributed by atoms with Gasteiger partial charge in [0.2, 0.25) is 0 Å². The Balaban J connectivity index is 2.65. The van der Waals surface area contributed by atoms with Crippen LogP contribution in [0.5, 0.6) is 0 Å². The van der Waals surface area contributed by atoms with Crippen LogP contribution < -0.4 is 5.73 Å². The van der Waals surface area contributed by atoms with Crippen molar-refractivity contribution in [2.45, 2.75) is 24.3 Å². The van der Waals surface area contributed by atoms with E-state index >= 15 is 0 Å². The number of nitrogens with two attached hydrogens (primary N) is 1. The van der Waals surface area contributed by atoms with Crippen LogP contribution >= 0.6 is 0 Å². The van der Waals surface area contributed by atoms with Crippen molar-refractivity contribution in [2.75, 3.05) is 5.75 Å². The van der Waals surface area contributed by atoms with Crippen LogP contribution in [0.1, 0.15) is 13.3 Å². The van der Waals surface area contributed by atoms with Crippen LogP contribution in [0.2, 0.25) is 0 Å². The molecule has 14 heavy (non-hydrogen) atoms. The highest BCUT2D eigenvalue weighted by molar-refractivity contribution is 7.85. The van der Waals surface area contributed by atoms with E-state index in [9.17, 15) is 8.60 Å². The Bertz CT molecular complexity index is 312. The molecule has 0 spiro atoms. The van der Waals surface area contributed by atoms with Crippen molar-refractivity contribution in [3.63, 3.8) is 0 Å². The third kappa shape index (κ3) is 3.20. The number of rotatable bonds is 4. The second kappa shape index (κ2) is 5.22. The summed E-state index contributed by atoms with van der Waals surface area (Å²) in [6.45, 7) is 1.95. The van der Waals surface area contributed by atoms with Gasteiger partial charge in [-0.1, -0.05) is 6.92 Å². The molecule has 0 amide bonds. The molecular formula is C10H14FNOS. The van der Waals surface area contributed by atoms with E-state index in [1.165, 1.54) is 24.3 Å². The van der Waals surface area contributed by atoms with Gasteiger partial charge >= 0.3 is 0 Å². The van der Waals surface area contributed by atoms with Crippen LogP contribution in [-0.2, 0) is 10.8 Å². The molecule has 1 rings (SSSR count). The summed E-state index contributed by atoms with van der Waals surface area (Å²) in [6, 6.07) is 5.64. The third-order valence-corrected chi connectivity index (χ3v) is 3.50. The summed E-state index contributed by atoms with van der Waals surface area (Å²) in [5.41, 5.74) is 5.67. The normalized spacial score (nSPS) is 15.1. The minimum absolute atomic E-state index is 0.0547. The number of hydrogen-bond donors (Lipinski definition) is 1. The first kappa shape index (κ1) is 11.3. The second-order valence-corrected chi connectivity index (χ2v) is 4.63. The minimum Gasteiger partial charge on any atom is -0.327 e. The van der Waals surface area contributed by atoms with Gasteiger partial charge in [0, 0.05) is 16.7 Å². The van der Waals surface area contributed by atoms with Crippen LogP contribution in [0.3, 0.4) is 0 Å². The Morgan fingerprint density at radius 1 is 1.43 bits per heavy atom. The number of halogens is 1. The molecule has 0 aromatic heterocycles. The van der Waals surface area contributed by atoms with Gasteiger partial charge < -0.3 is 5.73 Å². The van der Waals surface area contributed by atoms with Gasteiger partial charge in [-0.25, -0.2) is 4.39 Å². The molecule has 0 aliphatic heterocycles. The molecule has 0 saturated heterocycles. The standard InChI is InChI=1S/C10H14FNOS/c1-2-9(12)7-14(13)10-5-3-8(11)4-6-10/h3-6,9H,2,7,12H2,1H3. The molecule has 2 nitrogen and oxygen atoms in total. The van der Waals surface area contributed by atoms with E-state index in [0.29, 0.717) is 10.6 Å². The SMILES string of the molecule is CCC(N)CS(=O)c1ccc(F)cc1. The molecule has 78 valence electrons. The third-order valence-electron chi connectivity index (χ3n) is 1.97. The van der Waals surface area contributed by atoms with Gasteiger partial charge in [0.1, 0.15) is 5.82 Å². The lowest BCUT2D eigenvalue weighted by Crippen LogP contribution is -2.25. The maximum atomic E-state index is 12.6. The van der Waals surface area contributed by atoms with E-state index < -0.39 is 10.8 Å². The average molecular weight is 215 g/mol. The Morgan fingerprint density at radius 2 is 2.00 bits per heavy atom. The largest absolute Gasteiger partial charge is 0.327 e. The van der Waals surface area contributed by atoms with Gasteiger partial charge in [0.25, 0.3) is 0 Å². The summed E-state index contributed by atoms with van der Waals surface area (Å²) in [7, 11) is -1.11. The van der Waals surface area contributed by atoms with Crippen LogP contribution in [-0.4, -0.2) is 16.0 Å². The summed E-state index contributed by atoms with van der Waals surface area (Å²) >= 11 is 0. The van der Waals surface area contributed by atoms with Crippen LogP contribution in [0, 0.1) is 5.82 Å². The zero-order valence-electron chi connectivity index (χ0n) is 8.07. The summed E-state index contributed by atoms with van der Waals surface area (Å²) in [5.74, 6) is 0.118. The summed E-state index contributed by atoms with van der Waals surface area (Å²) in [4.78, 5) is 0.635. The van der Waals surface area contributed by atoms with Crippen LogP contribution in [0.25, 0.3) is 0 Å². The number of hydrogen-bond acceptors (Lipinski definition) is 2. The van der Waals surface area contributed by atoms with E-state index in [1.807, 2.05) is 6.92 Å². The Hall–Kier alpha value is -0.740. The highest BCUT2D eigenvalue weighted by Gasteiger charge is 2.08. The zero-order valence-corrected chi connectivity index (χ0v) is 8.89. The van der Waals surface area contributed by atoms with Gasteiger partial charge in [0.15, 0.2) is 0 Å². The first-order chi connectivity index (χ1) is 6.63. The molecule has 4 heteroatoms. The second-order valence-electron chi connectivity index (χ2n) is 3.13. The van der Waals surface area contributed by atoms with E-state index in [0.717, 1.165) is 6.42 Å². The Kier molecular flexibility index (Phi) is 4.22. The maximum Gasteiger partial charge on any atom is 0.123 e. The number of benzene rings is 1. The monoisotopic (exact) mass is 215 g/mol. The average Bonchev–Trinajstić information content (AvgIpc) is 2.18. The van der Waals surface area contributed by atoms with E-state index in [2.05, 4.69) is 0 Å². The molecule has 1 aromatic rings. The van der Waals surface area contributed by atoms with Crippen molar-refractivity contribution in [3.05, 3.63) is 30.1 Å². The van der Waals surface area contributed by atoms with E-state index in [-0.39, 0.29) is 11.9 Å². The van der Waals surface area contributed by atoms with Crippen molar-refractivity contribution >= 4 is 10.8 Å². The molecular weight excluding hydrogens is 201 g/mol. The molecule has 0 radical (unpaired) electrons. The Morgan fingerprint density at radius 3 is 2.50 bits per heavy atom. The molecule has 2 atom stereocenters. The molecule has 0 bridgehead atoms. The van der Waals surface area contributed by atoms with Crippen molar-refractivity contribution in [2.24, 2.45) is 5.73 Å². The van der Waals surface area contributed by atoms with Gasteiger partial charge in [-0.15, -0.1) is 0 Å². The van der Waals surface area contributed by atoms with Gasteiger partial charge in [-0.2, -0.15) is 0 Å². The smallest absolute Gasteiger partial charge is 0.123 e. The molecule has 1 aromatic carbocycles. The van der Waals surface area contributed by atoms with Crippen molar-refractivity contribution in [3.8, 4) is 0 Å². The van der Waals surface area contributed by atoms with Crippen molar-refractivity contribution in [1.82, 2.24) is 0 Å². The molecule has 0 fully saturated rings. The molecule has 0 saturated carbocycles. The lowest BCUT2D eigenvalue weighted by Gasteiger charge is -2.07. The van der Waals surface area contributed by atoms with Gasteiger partial charge in [0.05, 0.1) is 10.8 Å². The molecule has 0 aliphatic rings. The minimum atomic E-state index is -1.11. The predicted molar refractivity (Wildman–Crippen MR) is 55.9 cm³/mol. The lowest BCUT2D eigenvalue weighted by molar-refractivity contribution is 0.626. The molecule has 2 unspecified atom stereocenters. The van der Waals surface area contributed by atoms with E-state index in [4.69, 9.17) is 5.73 Å². The van der Waals surface area contributed by atoms with Crippen LogP contribution in [0.4, 0.5) is 4.39 Å². The fourth-order valence-corrected chi connectivity index (χ4v) is 2.25. The first-order valence-corrected chi connectivity index (χ1v) is 5.85. The molecule has 2 N–H and O–H groups in total. The van der Waals surface area contributed by atoms with Crippen molar-refractivity contribution in [1.29, 1.82) is 0 Å². The first-order valence-electron chi connectivity index (χ1n) is 4.53. The molecule has 0 heterocycles. The topological polar surface area (TPSA) is 43.1 Å². The van der Waals surface area contributed by atoms with Crippen LogP contribution in [0.15, 0.2) is 29.2 Å².